The average Bonchev–Trinajstić information content (AvgIpc) is 2.28. The van der Waals surface area contributed by atoms with Crippen LogP contribution in [0.1, 0.15) is 26.3 Å². The van der Waals surface area contributed by atoms with E-state index in [0.29, 0.717) is 0 Å². The second-order valence-electron chi connectivity index (χ2n) is 4.81. The molecule has 0 aliphatic carbocycles. The molecule has 1 aromatic rings. The Balaban J connectivity index is 2.47. The molecule has 0 radical (unpaired) electrons. The van der Waals surface area contributed by atoms with Crippen molar-refractivity contribution >= 4 is 18.0 Å². The molecule has 0 spiro atoms. The van der Waals surface area contributed by atoms with Crippen LogP contribution in [-0.2, 0) is 9.59 Å². The Labute approximate surface area is 106 Å². The van der Waals surface area contributed by atoms with Crippen LogP contribution in [0.2, 0.25) is 0 Å². The van der Waals surface area contributed by atoms with Crippen LogP contribution in [0.25, 0.3) is 0 Å². The van der Waals surface area contributed by atoms with Gasteiger partial charge in [-0.1, -0.05) is 30.3 Å². The lowest BCUT2D eigenvalue weighted by atomic mass is 10.1. The maximum atomic E-state index is 11.4. The maximum absolute atomic E-state index is 11.4. The first-order valence-electron chi connectivity index (χ1n) is 5.59. The van der Waals surface area contributed by atoms with E-state index in [1.165, 1.54) is 6.21 Å². The van der Waals surface area contributed by atoms with Crippen molar-refractivity contribution in [2.45, 2.75) is 26.3 Å². The zero-order chi connectivity index (χ0) is 13.6. The first-order chi connectivity index (χ1) is 8.38. The molecule has 18 heavy (non-hydrogen) atoms. The van der Waals surface area contributed by atoms with Gasteiger partial charge in [-0.15, -0.1) is 0 Å². The zero-order valence-electron chi connectivity index (χ0n) is 10.7. The van der Waals surface area contributed by atoms with E-state index in [4.69, 9.17) is 0 Å². The fourth-order valence-electron chi connectivity index (χ4n) is 1.15. The molecule has 0 atom stereocenters. The van der Waals surface area contributed by atoms with E-state index in [9.17, 15) is 9.59 Å². The van der Waals surface area contributed by atoms with Crippen LogP contribution in [0.3, 0.4) is 0 Å². The molecule has 0 bridgehead atoms. The third kappa shape index (κ3) is 5.25. The number of benzene rings is 1. The third-order valence-corrected chi connectivity index (χ3v) is 1.87. The maximum Gasteiger partial charge on any atom is 0.329 e. The summed E-state index contributed by atoms with van der Waals surface area (Å²) in [5.74, 6) is -1.48. The zero-order valence-corrected chi connectivity index (χ0v) is 10.7. The standard InChI is InChI=1S/C13H17N3O2/c1-13(2,3)15-11(17)12(18)16-14-9-10-7-5-4-6-8-10/h4-9H,1-3H3,(H,15,17)(H,16,18)/b14-9-. The van der Waals surface area contributed by atoms with Crippen molar-refractivity contribution in [1.29, 1.82) is 0 Å². The number of nitrogens with one attached hydrogen (secondary N) is 2. The van der Waals surface area contributed by atoms with Crippen LogP contribution in [0.5, 0.6) is 0 Å². The number of nitrogens with zero attached hydrogens (tertiary/aromatic N) is 1. The van der Waals surface area contributed by atoms with Crippen molar-refractivity contribution in [1.82, 2.24) is 10.7 Å². The van der Waals surface area contributed by atoms with Crippen molar-refractivity contribution in [3.63, 3.8) is 0 Å². The fraction of sp³-hybridized carbons (Fsp3) is 0.308. The molecule has 0 aromatic heterocycles. The summed E-state index contributed by atoms with van der Waals surface area (Å²) >= 11 is 0. The first-order valence-corrected chi connectivity index (χ1v) is 5.59. The van der Waals surface area contributed by atoms with Gasteiger partial charge in [0.05, 0.1) is 6.21 Å². The van der Waals surface area contributed by atoms with Crippen molar-refractivity contribution in [2.24, 2.45) is 5.10 Å². The van der Waals surface area contributed by atoms with E-state index in [-0.39, 0.29) is 0 Å². The molecule has 1 rings (SSSR count). The molecule has 96 valence electrons. The summed E-state index contributed by atoms with van der Waals surface area (Å²) in [6, 6.07) is 9.27. The van der Waals surface area contributed by atoms with E-state index >= 15 is 0 Å². The number of hydrazone groups is 1. The SMILES string of the molecule is CC(C)(C)NC(=O)C(=O)N/N=C\c1ccccc1. The highest BCUT2D eigenvalue weighted by atomic mass is 16.2. The third-order valence-electron chi connectivity index (χ3n) is 1.87. The molecule has 2 N–H and O–H groups in total. The van der Waals surface area contributed by atoms with E-state index in [0.717, 1.165) is 5.56 Å². The topological polar surface area (TPSA) is 70.6 Å². The smallest absolute Gasteiger partial charge is 0.329 e. The first kappa shape index (κ1) is 13.9. The van der Waals surface area contributed by atoms with Gasteiger partial charge in [0.2, 0.25) is 0 Å². The number of rotatable bonds is 2. The lowest BCUT2D eigenvalue weighted by Crippen LogP contribution is -2.47. The largest absolute Gasteiger partial charge is 0.343 e. The highest BCUT2D eigenvalue weighted by molar-refractivity contribution is 6.35. The molecule has 0 aliphatic rings. The van der Waals surface area contributed by atoms with Gasteiger partial charge in [0.25, 0.3) is 0 Å². The van der Waals surface area contributed by atoms with Crippen LogP contribution in [0.4, 0.5) is 0 Å². The molecule has 5 nitrogen and oxygen atoms in total. The fourth-order valence-corrected chi connectivity index (χ4v) is 1.15. The van der Waals surface area contributed by atoms with Gasteiger partial charge >= 0.3 is 11.8 Å². The van der Waals surface area contributed by atoms with Gasteiger partial charge in [0, 0.05) is 5.54 Å². The van der Waals surface area contributed by atoms with Crippen molar-refractivity contribution in [3.05, 3.63) is 35.9 Å². The summed E-state index contributed by atoms with van der Waals surface area (Å²) in [6.45, 7) is 5.39. The van der Waals surface area contributed by atoms with Crippen LogP contribution in [-0.4, -0.2) is 23.6 Å². The molecule has 0 heterocycles. The van der Waals surface area contributed by atoms with E-state index in [1.54, 1.807) is 20.8 Å². The highest BCUT2D eigenvalue weighted by Gasteiger charge is 2.19. The van der Waals surface area contributed by atoms with Gasteiger partial charge in [-0.2, -0.15) is 5.10 Å². The number of amides is 2. The molecule has 0 saturated carbocycles. The predicted octanol–water partition coefficient (Wildman–Crippen LogP) is 1.05. The minimum Gasteiger partial charge on any atom is -0.343 e. The lowest BCUT2D eigenvalue weighted by molar-refractivity contribution is -0.140. The lowest BCUT2D eigenvalue weighted by Gasteiger charge is -2.19. The second kappa shape index (κ2) is 5.95. The minimum atomic E-state index is -0.780. The summed E-state index contributed by atoms with van der Waals surface area (Å²) in [5.41, 5.74) is 2.57. The number of carbonyl (C=O) groups excluding carboxylic acids is 2. The number of hydrogen-bond acceptors (Lipinski definition) is 3. The van der Waals surface area contributed by atoms with E-state index in [2.05, 4.69) is 15.8 Å². The Morgan fingerprint density at radius 1 is 1.11 bits per heavy atom. The average molecular weight is 247 g/mol. The quantitative estimate of drug-likeness (QED) is 0.466. The normalized spacial score (nSPS) is 11.3. The summed E-state index contributed by atoms with van der Waals surface area (Å²) in [7, 11) is 0. The van der Waals surface area contributed by atoms with Crippen molar-refractivity contribution < 1.29 is 9.59 Å². The van der Waals surface area contributed by atoms with Crippen LogP contribution in [0.15, 0.2) is 35.4 Å². The van der Waals surface area contributed by atoms with Gasteiger partial charge in [0.1, 0.15) is 0 Å². The van der Waals surface area contributed by atoms with Crippen molar-refractivity contribution in [2.75, 3.05) is 0 Å². The van der Waals surface area contributed by atoms with E-state index < -0.39 is 17.4 Å². The van der Waals surface area contributed by atoms with Gasteiger partial charge < -0.3 is 5.32 Å². The Hall–Kier alpha value is -2.17. The predicted molar refractivity (Wildman–Crippen MR) is 70.1 cm³/mol. The molecule has 5 heteroatoms. The highest BCUT2D eigenvalue weighted by Crippen LogP contribution is 1.97. The number of hydrogen-bond donors (Lipinski definition) is 2. The van der Waals surface area contributed by atoms with Crippen LogP contribution >= 0.6 is 0 Å². The van der Waals surface area contributed by atoms with E-state index in [1.807, 2.05) is 30.3 Å². The van der Waals surface area contributed by atoms with Gasteiger partial charge in [-0.25, -0.2) is 5.43 Å². The van der Waals surface area contributed by atoms with Gasteiger partial charge in [-0.3, -0.25) is 9.59 Å². The van der Waals surface area contributed by atoms with Gasteiger partial charge in [0.15, 0.2) is 0 Å². The molecule has 0 unspecified atom stereocenters. The summed E-state index contributed by atoms with van der Waals surface area (Å²) < 4.78 is 0. The summed E-state index contributed by atoms with van der Waals surface area (Å²) in [6.07, 6.45) is 1.47. The van der Waals surface area contributed by atoms with Crippen LogP contribution in [0, 0.1) is 0 Å². The molecule has 1 aromatic carbocycles. The molecular formula is C13H17N3O2. The Kier molecular flexibility index (Phi) is 4.59. The molecule has 0 fully saturated rings. The molecule has 2 amide bonds. The Bertz CT molecular complexity index is 447. The van der Waals surface area contributed by atoms with Crippen molar-refractivity contribution in [3.8, 4) is 0 Å². The number of carbonyl (C=O) groups is 2. The second-order valence-corrected chi connectivity index (χ2v) is 4.81. The Morgan fingerprint density at radius 3 is 2.28 bits per heavy atom. The van der Waals surface area contributed by atoms with Gasteiger partial charge in [-0.05, 0) is 26.3 Å². The Morgan fingerprint density at radius 2 is 1.72 bits per heavy atom. The minimum absolute atomic E-state index is 0.447. The molecular weight excluding hydrogens is 230 g/mol. The summed E-state index contributed by atoms with van der Waals surface area (Å²) in [5, 5.41) is 6.25. The molecule has 0 saturated heterocycles. The molecule has 0 aliphatic heterocycles. The van der Waals surface area contributed by atoms with Crippen LogP contribution < -0.4 is 10.7 Å². The summed E-state index contributed by atoms with van der Waals surface area (Å²) in [4.78, 5) is 22.8. The monoisotopic (exact) mass is 247 g/mol.